The molecule has 0 aliphatic carbocycles. The van der Waals surface area contributed by atoms with Crippen molar-refractivity contribution in [1.29, 1.82) is 0 Å². The third kappa shape index (κ3) is 26.5. The van der Waals surface area contributed by atoms with Crippen LogP contribution in [0.2, 0.25) is 0 Å². The summed E-state index contributed by atoms with van der Waals surface area (Å²) >= 11 is 0. The van der Waals surface area contributed by atoms with E-state index in [-0.39, 0.29) is 0 Å². The van der Waals surface area contributed by atoms with Gasteiger partial charge in [0.25, 0.3) is 0 Å². The minimum absolute atomic E-state index is 0.781. The molecule has 0 radical (unpaired) electrons. The number of hydrogen-bond donors (Lipinski definition) is 1. The van der Waals surface area contributed by atoms with Gasteiger partial charge < -0.3 is 10.6 Å². The molecule has 0 aromatic carbocycles. The van der Waals surface area contributed by atoms with Crippen LogP contribution >= 0.6 is 0 Å². The van der Waals surface area contributed by atoms with Crippen molar-refractivity contribution in [2.45, 2.75) is 156 Å². The summed E-state index contributed by atoms with van der Waals surface area (Å²) in [4.78, 5) is 2.46. The van der Waals surface area contributed by atoms with Gasteiger partial charge in [-0.05, 0) is 70.8 Å². The number of unbranched alkanes of at least 4 members (excludes halogenated alkanes) is 14. The first kappa shape index (κ1) is 35.4. The van der Waals surface area contributed by atoms with Gasteiger partial charge in [-0.1, -0.05) is 128 Å². The van der Waals surface area contributed by atoms with E-state index >= 15 is 0 Å². The molecule has 0 saturated heterocycles. The molecule has 2 unspecified atom stereocenters. The molecule has 0 aromatic heterocycles. The van der Waals surface area contributed by atoms with Gasteiger partial charge in [0.1, 0.15) is 0 Å². The van der Waals surface area contributed by atoms with Gasteiger partial charge in [-0.2, -0.15) is 0 Å². The lowest BCUT2D eigenvalue weighted by molar-refractivity contribution is 0.254. The molecular formula is C34H68N2. The Hall–Kier alpha value is -0.600. The molecule has 2 atom stereocenters. The summed E-state index contributed by atoms with van der Waals surface area (Å²) in [6.45, 7) is 9.89. The van der Waals surface area contributed by atoms with Crippen molar-refractivity contribution < 1.29 is 0 Å². The van der Waals surface area contributed by atoms with E-state index in [2.05, 4.69) is 57.0 Å². The Morgan fingerprint density at radius 2 is 1.19 bits per heavy atom. The zero-order chi connectivity index (χ0) is 26.5. The topological polar surface area (TPSA) is 29.3 Å². The summed E-state index contributed by atoms with van der Waals surface area (Å²) in [5.41, 5.74) is 5.80. The quantitative estimate of drug-likeness (QED) is 0.0847. The molecule has 2 nitrogen and oxygen atoms in total. The maximum absolute atomic E-state index is 5.80. The minimum atomic E-state index is 0.781. The predicted octanol–water partition coefficient (Wildman–Crippen LogP) is 10.5. The molecule has 0 aromatic rings. The zero-order valence-electron chi connectivity index (χ0n) is 25.5. The molecule has 0 aliphatic heterocycles. The molecular weight excluding hydrogens is 436 g/mol. The van der Waals surface area contributed by atoms with E-state index in [0.717, 1.165) is 24.9 Å². The van der Waals surface area contributed by atoms with Gasteiger partial charge in [0.15, 0.2) is 0 Å². The SMILES string of the molecule is C/C=C\CCCCCCCCC(CCCCCCCC/C=C\CC(C)CCCCC)CN(C)CCN. The summed E-state index contributed by atoms with van der Waals surface area (Å²) in [5, 5.41) is 0. The predicted molar refractivity (Wildman–Crippen MR) is 166 cm³/mol. The molecule has 0 fully saturated rings. The third-order valence-electron chi connectivity index (χ3n) is 7.79. The Kier molecular flexibility index (Phi) is 28.5. The Morgan fingerprint density at radius 1 is 0.667 bits per heavy atom. The lowest BCUT2D eigenvalue weighted by Crippen LogP contribution is -2.30. The minimum Gasteiger partial charge on any atom is -0.329 e. The monoisotopic (exact) mass is 505 g/mol. The van der Waals surface area contributed by atoms with E-state index in [1.807, 2.05) is 0 Å². The molecule has 2 N–H and O–H groups in total. The van der Waals surface area contributed by atoms with Crippen LogP contribution in [0, 0.1) is 11.8 Å². The van der Waals surface area contributed by atoms with Crippen LogP contribution in [0.4, 0.5) is 0 Å². The fourth-order valence-corrected chi connectivity index (χ4v) is 5.36. The highest BCUT2D eigenvalue weighted by molar-refractivity contribution is 4.83. The van der Waals surface area contributed by atoms with Crippen LogP contribution in [-0.2, 0) is 0 Å². The number of nitrogens with zero attached hydrogens (tertiary/aromatic N) is 1. The molecule has 0 amide bonds. The molecule has 2 heteroatoms. The van der Waals surface area contributed by atoms with Crippen molar-refractivity contribution >= 4 is 0 Å². The van der Waals surface area contributed by atoms with Crippen LogP contribution in [0.25, 0.3) is 0 Å². The van der Waals surface area contributed by atoms with Gasteiger partial charge in [0, 0.05) is 19.6 Å². The van der Waals surface area contributed by atoms with Crippen LogP contribution in [-0.4, -0.2) is 31.6 Å². The van der Waals surface area contributed by atoms with E-state index in [1.165, 1.54) is 141 Å². The highest BCUT2D eigenvalue weighted by Gasteiger charge is 2.11. The highest BCUT2D eigenvalue weighted by atomic mass is 15.1. The average Bonchev–Trinajstić information content (AvgIpc) is 2.86. The molecule has 36 heavy (non-hydrogen) atoms. The highest BCUT2D eigenvalue weighted by Crippen LogP contribution is 2.20. The summed E-state index contributed by atoms with van der Waals surface area (Å²) in [5.74, 6) is 1.73. The number of hydrogen-bond acceptors (Lipinski definition) is 2. The van der Waals surface area contributed by atoms with Crippen LogP contribution in [0.3, 0.4) is 0 Å². The maximum Gasteiger partial charge on any atom is 0.0102 e. The molecule has 0 heterocycles. The molecule has 0 rings (SSSR count). The van der Waals surface area contributed by atoms with Crippen molar-refractivity contribution in [1.82, 2.24) is 4.90 Å². The van der Waals surface area contributed by atoms with Gasteiger partial charge in [-0.15, -0.1) is 0 Å². The number of rotatable bonds is 28. The lowest BCUT2D eigenvalue weighted by atomic mass is 9.93. The zero-order valence-corrected chi connectivity index (χ0v) is 25.5. The summed E-state index contributed by atoms with van der Waals surface area (Å²) in [7, 11) is 2.26. The fourth-order valence-electron chi connectivity index (χ4n) is 5.36. The van der Waals surface area contributed by atoms with Gasteiger partial charge in [-0.25, -0.2) is 0 Å². The van der Waals surface area contributed by atoms with Crippen molar-refractivity contribution in [2.24, 2.45) is 17.6 Å². The molecule has 214 valence electrons. The second kappa shape index (κ2) is 29.0. The van der Waals surface area contributed by atoms with Crippen molar-refractivity contribution in [3.05, 3.63) is 24.3 Å². The van der Waals surface area contributed by atoms with Gasteiger partial charge in [0.05, 0.1) is 0 Å². The van der Waals surface area contributed by atoms with Gasteiger partial charge >= 0.3 is 0 Å². The lowest BCUT2D eigenvalue weighted by Gasteiger charge is -2.24. The van der Waals surface area contributed by atoms with E-state index in [4.69, 9.17) is 5.73 Å². The fraction of sp³-hybridized carbons (Fsp3) is 0.882. The van der Waals surface area contributed by atoms with Gasteiger partial charge in [-0.3, -0.25) is 0 Å². The summed E-state index contributed by atoms with van der Waals surface area (Å²) < 4.78 is 0. The first-order chi connectivity index (χ1) is 17.6. The first-order valence-corrected chi connectivity index (χ1v) is 16.3. The number of likely N-dealkylation sites (N-methyl/N-ethyl adjacent to an activating group) is 1. The van der Waals surface area contributed by atoms with Crippen LogP contribution in [0.15, 0.2) is 24.3 Å². The van der Waals surface area contributed by atoms with E-state index < -0.39 is 0 Å². The molecule has 0 bridgehead atoms. The molecule has 0 spiro atoms. The molecule has 0 aliphatic rings. The molecule has 0 saturated carbocycles. The van der Waals surface area contributed by atoms with Crippen LogP contribution < -0.4 is 5.73 Å². The van der Waals surface area contributed by atoms with E-state index in [0.29, 0.717) is 0 Å². The largest absolute Gasteiger partial charge is 0.329 e. The summed E-state index contributed by atoms with van der Waals surface area (Å²) in [6.07, 6.45) is 38.5. The Morgan fingerprint density at radius 3 is 1.75 bits per heavy atom. The Labute approximate surface area is 229 Å². The average molecular weight is 505 g/mol. The van der Waals surface area contributed by atoms with Crippen molar-refractivity contribution in [2.75, 3.05) is 26.7 Å². The maximum atomic E-state index is 5.80. The van der Waals surface area contributed by atoms with Crippen LogP contribution in [0.1, 0.15) is 156 Å². The Balaban J connectivity index is 3.81. The second-order valence-corrected chi connectivity index (χ2v) is 11.7. The first-order valence-electron chi connectivity index (χ1n) is 16.3. The van der Waals surface area contributed by atoms with E-state index in [1.54, 1.807) is 0 Å². The van der Waals surface area contributed by atoms with Crippen LogP contribution in [0.5, 0.6) is 0 Å². The van der Waals surface area contributed by atoms with Crippen molar-refractivity contribution in [3.8, 4) is 0 Å². The Bertz CT molecular complexity index is 470. The second-order valence-electron chi connectivity index (χ2n) is 11.7. The summed E-state index contributed by atoms with van der Waals surface area (Å²) in [6, 6.07) is 0. The smallest absolute Gasteiger partial charge is 0.0102 e. The normalized spacial score (nSPS) is 13.9. The van der Waals surface area contributed by atoms with E-state index in [9.17, 15) is 0 Å². The standard InChI is InChI=1S/C34H68N2/c1-5-7-9-10-11-13-17-20-24-28-34(32-36(4)31-30-35)29-25-21-18-15-12-14-16-19-23-27-33(3)26-22-8-6-2/h5,7,19,23,33-34H,6,8-18,20-22,24-32,35H2,1-4H3/b7-5-,23-19-. The van der Waals surface area contributed by atoms with Crippen molar-refractivity contribution in [3.63, 3.8) is 0 Å². The number of allylic oxidation sites excluding steroid dienone is 4. The van der Waals surface area contributed by atoms with Gasteiger partial charge in [0.2, 0.25) is 0 Å². The third-order valence-corrected chi connectivity index (χ3v) is 7.79. The number of nitrogens with two attached hydrogens (primary N) is 1.